The van der Waals surface area contributed by atoms with Crippen molar-refractivity contribution in [3.8, 4) is 5.75 Å². The number of benzene rings is 1. The number of hydrogen-bond acceptors (Lipinski definition) is 5. The van der Waals surface area contributed by atoms with E-state index < -0.39 is 5.69 Å². The van der Waals surface area contributed by atoms with Crippen LogP contribution < -0.4 is 26.2 Å². The van der Waals surface area contributed by atoms with Crippen molar-refractivity contribution in [3.63, 3.8) is 0 Å². The quantitative estimate of drug-likeness (QED) is 0.833. The maximum atomic E-state index is 12.8. The SMILES string of the molecule is COc1ccc(Cl)cc1NC(=O)C1CCCN(c2cc(=O)n(C)c(=O)n2C)C1. The highest BCUT2D eigenvalue weighted by Crippen LogP contribution is 2.29. The standard InChI is InChI=1S/C19H23ClN4O4/c1-22-16(10-17(25)23(2)19(22)27)24-8-4-5-12(11-24)18(26)21-14-9-13(20)6-7-15(14)28-3/h6-7,9-10,12H,4-5,8,11H2,1-3H3,(H,21,26). The molecule has 1 fully saturated rings. The van der Waals surface area contributed by atoms with Gasteiger partial charge in [-0.2, -0.15) is 0 Å². The molecule has 28 heavy (non-hydrogen) atoms. The number of nitrogens with zero attached hydrogens (tertiary/aromatic N) is 3. The first-order chi connectivity index (χ1) is 13.3. The van der Waals surface area contributed by atoms with E-state index in [0.29, 0.717) is 41.8 Å². The minimum Gasteiger partial charge on any atom is -0.495 e. The first kappa shape index (κ1) is 20.0. The highest BCUT2D eigenvalue weighted by atomic mass is 35.5. The Balaban J connectivity index is 1.81. The lowest BCUT2D eigenvalue weighted by molar-refractivity contribution is -0.120. The van der Waals surface area contributed by atoms with Crippen molar-refractivity contribution in [2.45, 2.75) is 12.8 Å². The van der Waals surface area contributed by atoms with Gasteiger partial charge in [-0.1, -0.05) is 11.6 Å². The topological polar surface area (TPSA) is 85.6 Å². The molecular formula is C19H23ClN4O4. The minimum atomic E-state index is -0.391. The van der Waals surface area contributed by atoms with E-state index in [9.17, 15) is 14.4 Å². The molecule has 0 spiro atoms. The number of halogens is 1. The van der Waals surface area contributed by atoms with Crippen LogP contribution in [0.15, 0.2) is 33.9 Å². The summed E-state index contributed by atoms with van der Waals surface area (Å²) in [6.07, 6.45) is 1.48. The summed E-state index contributed by atoms with van der Waals surface area (Å²) < 4.78 is 7.76. The van der Waals surface area contributed by atoms with Crippen LogP contribution >= 0.6 is 11.6 Å². The van der Waals surface area contributed by atoms with Gasteiger partial charge >= 0.3 is 5.69 Å². The Morgan fingerprint density at radius 3 is 2.68 bits per heavy atom. The van der Waals surface area contributed by atoms with Crippen molar-refractivity contribution >= 4 is 29.0 Å². The fourth-order valence-electron chi connectivity index (χ4n) is 3.44. The van der Waals surface area contributed by atoms with Crippen LogP contribution in [-0.4, -0.2) is 35.2 Å². The van der Waals surface area contributed by atoms with Crippen LogP contribution in [0, 0.1) is 5.92 Å². The van der Waals surface area contributed by atoms with Crippen molar-refractivity contribution in [3.05, 3.63) is 50.1 Å². The second-order valence-corrected chi connectivity index (χ2v) is 7.30. The number of piperidine rings is 1. The van der Waals surface area contributed by atoms with Gasteiger partial charge < -0.3 is 15.0 Å². The lowest BCUT2D eigenvalue weighted by Crippen LogP contribution is -2.45. The first-order valence-corrected chi connectivity index (χ1v) is 9.36. The van der Waals surface area contributed by atoms with Crippen LogP contribution in [0.3, 0.4) is 0 Å². The van der Waals surface area contributed by atoms with Gasteiger partial charge in [0.15, 0.2) is 0 Å². The summed E-state index contributed by atoms with van der Waals surface area (Å²) in [7, 11) is 4.59. The van der Waals surface area contributed by atoms with Crippen molar-refractivity contribution in [2.24, 2.45) is 20.0 Å². The van der Waals surface area contributed by atoms with Gasteiger partial charge in [0.1, 0.15) is 11.6 Å². The van der Waals surface area contributed by atoms with Gasteiger partial charge in [-0.15, -0.1) is 0 Å². The fraction of sp³-hybridized carbons (Fsp3) is 0.421. The summed E-state index contributed by atoms with van der Waals surface area (Å²) in [6.45, 7) is 1.08. The van der Waals surface area contributed by atoms with Crippen LogP contribution in [-0.2, 0) is 18.9 Å². The summed E-state index contributed by atoms with van der Waals surface area (Å²) in [4.78, 5) is 39.0. The predicted molar refractivity (Wildman–Crippen MR) is 108 cm³/mol. The largest absolute Gasteiger partial charge is 0.495 e. The average Bonchev–Trinajstić information content (AvgIpc) is 2.69. The van der Waals surface area contributed by atoms with Crippen LogP contribution in [0.25, 0.3) is 0 Å². The Morgan fingerprint density at radius 1 is 1.21 bits per heavy atom. The number of anilines is 2. The van der Waals surface area contributed by atoms with Crippen LogP contribution in [0.1, 0.15) is 12.8 Å². The zero-order valence-electron chi connectivity index (χ0n) is 16.1. The molecule has 0 bridgehead atoms. The Bertz CT molecular complexity index is 1010. The van der Waals surface area contributed by atoms with Gasteiger partial charge in [-0.3, -0.25) is 18.7 Å². The number of hydrogen-bond donors (Lipinski definition) is 1. The monoisotopic (exact) mass is 406 g/mol. The van der Waals surface area contributed by atoms with Gasteiger partial charge in [0.05, 0.1) is 18.7 Å². The summed E-state index contributed by atoms with van der Waals surface area (Å²) in [5.41, 5.74) is -0.246. The summed E-state index contributed by atoms with van der Waals surface area (Å²) in [5.74, 6) is 0.598. The van der Waals surface area contributed by atoms with E-state index in [1.165, 1.54) is 24.8 Å². The lowest BCUT2D eigenvalue weighted by atomic mass is 9.97. The number of ether oxygens (including phenoxy) is 1. The van der Waals surface area contributed by atoms with E-state index >= 15 is 0 Å². The molecule has 1 amide bonds. The highest BCUT2D eigenvalue weighted by Gasteiger charge is 2.28. The van der Waals surface area contributed by atoms with Crippen molar-refractivity contribution < 1.29 is 9.53 Å². The molecule has 8 nitrogen and oxygen atoms in total. The smallest absolute Gasteiger partial charge is 0.332 e. The lowest BCUT2D eigenvalue weighted by Gasteiger charge is -2.34. The van der Waals surface area contributed by atoms with E-state index in [1.807, 2.05) is 4.90 Å². The molecule has 1 aromatic heterocycles. The molecule has 0 radical (unpaired) electrons. The molecular weight excluding hydrogens is 384 g/mol. The first-order valence-electron chi connectivity index (χ1n) is 8.98. The average molecular weight is 407 g/mol. The number of amides is 1. The molecule has 2 heterocycles. The zero-order valence-corrected chi connectivity index (χ0v) is 16.8. The van der Waals surface area contributed by atoms with E-state index in [2.05, 4.69) is 5.32 Å². The third kappa shape index (κ3) is 3.91. The van der Waals surface area contributed by atoms with Gasteiger partial charge in [-0.05, 0) is 31.0 Å². The molecule has 1 saturated heterocycles. The maximum absolute atomic E-state index is 12.8. The molecule has 0 saturated carbocycles. The number of rotatable bonds is 4. The zero-order chi connectivity index (χ0) is 20.4. The summed E-state index contributed by atoms with van der Waals surface area (Å²) in [6, 6.07) is 6.46. The third-order valence-corrected chi connectivity index (χ3v) is 5.27. The molecule has 1 N–H and O–H groups in total. The molecule has 1 unspecified atom stereocenters. The Labute approximate surface area is 167 Å². The Kier molecular flexibility index (Phi) is 5.79. The number of methoxy groups -OCH3 is 1. The molecule has 1 aromatic carbocycles. The number of aromatic nitrogens is 2. The second-order valence-electron chi connectivity index (χ2n) is 6.86. The van der Waals surface area contributed by atoms with E-state index in [1.54, 1.807) is 25.2 Å². The summed E-state index contributed by atoms with van der Waals surface area (Å²) in [5, 5.41) is 3.38. The number of carbonyl (C=O) groups excluding carboxylic acids is 1. The molecule has 1 aliphatic rings. The van der Waals surface area contributed by atoms with Gasteiger partial charge in [0.2, 0.25) is 5.91 Å². The second kappa shape index (κ2) is 8.10. The third-order valence-electron chi connectivity index (χ3n) is 5.04. The number of nitrogens with one attached hydrogen (secondary N) is 1. The molecule has 1 aliphatic heterocycles. The van der Waals surface area contributed by atoms with Crippen molar-refractivity contribution in [1.29, 1.82) is 0 Å². The molecule has 9 heteroatoms. The summed E-state index contributed by atoms with van der Waals surface area (Å²) >= 11 is 6.03. The van der Waals surface area contributed by atoms with E-state index in [-0.39, 0.29) is 17.4 Å². The molecule has 0 aliphatic carbocycles. The van der Waals surface area contributed by atoms with E-state index in [4.69, 9.17) is 16.3 Å². The van der Waals surface area contributed by atoms with Crippen molar-refractivity contribution in [1.82, 2.24) is 9.13 Å². The molecule has 150 valence electrons. The maximum Gasteiger partial charge on any atom is 0.332 e. The minimum absolute atomic E-state index is 0.154. The highest BCUT2D eigenvalue weighted by molar-refractivity contribution is 6.31. The van der Waals surface area contributed by atoms with Gasteiger partial charge in [0.25, 0.3) is 5.56 Å². The molecule has 3 rings (SSSR count). The van der Waals surface area contributed by atoms with Crippen LogP contribution in [0.5, 0.6) is 5.75 Å². The number of carbonyl (C=O) groups is 1. The van der Waals surface area contributed by atoms with E-state index in [0.717, 1.165) is 11.0 Å². The van der Waals surface area contributed by atoms with Crippen LogP contribution in [0.2, 0.25) is 5.02 Å². The van der Waals surface area contributed by atoms with Gasteiger partial charge in [0, 0.05) is 38.3 Å². The fourth-order valence-corrected chi connectivity index (χ4v) is 3.61. The van der Waals surface area contributed by atoms with Gasteiger partial charge in [-0.25, -0.2) is 4.79 Å². The molecule has 2 aromatic rings. The predicted octanol–water partition coefficient (Wildman–Crippen LogP) is 1.60. The molecule has 1 atom stereocenters. The Morgan fingerprint density at radius 2 is 1.96 bits per heavy atom. The van der Waals surface area contributed by atoms with Crippen LogP contribution in [0.4, 0.5) is 11.5 Å². The Hall–Kier alpha value is -2.74. The van der Waals surface area contributed by atoms with Crippen molar-refractivity contribution in [2.75, 3.05) is 30.4 Å². The normalized spacial score (nSPS) is 16.7.